The number of anilines is 2. The van der Waals surface area contributed by atoms with E-state index >= 15 is 0 Å². The Morgan fingerprint density at radius 1 is 1.10 bits per heavy atom. The third kappa shape index (κ3) is 4.29. The maximum absolute atomic E-state index is 13.0. The number of nitrogens with zero attached hydrogens (tertiary/aromatic N) is 5. The largest absolute Gasteiger partial charge is 0.369 e. The number of rotatable bonds is 4. The maximum atomic E-state index is 13.0. The van der Waals surface area contributed by atoms with Crippen LogP contribution in [0.4, 0.5) is 11.4 Å². The van der Waals surface area contributed by atoms with Crippen molar-refractivity contribution in [3.63, 3.8) is 0 Å². The third-order valence-electron chi connectivity index (χ3n) is 5.88. The standard InChI is InChI=1S/C23H29N7O/c1-14-9-15(2)11-17(10-14)19-12-25-13-20(22(19)30-7-5-18(24)6-8-30)26-23(31)21-16(3)29(4)28-27-21/h9-13,18H,5-8,24H2,1-4H3,(H,26,31). The molecule has 3 heterocycles. The zero-order chi connectivity index (χ0) is 22.1. The van der Waals surface area contributed by atoms with Gasteiger partial charge in [-0.3, -0.25) is 14.5 Å². The van der Waals surface area contributed by atoms with E-state index in [0.717, 1.165) is 42.7 Å². The molecule has 0 bridgehead atoms. The first-order valence-electron chi connectivity index (χ1n) is 10.6. The number of carbonyl (C=O) groups excluding carboxylic acids is 1. The molecule has 0 unspecified atom stereocenters. The fourth-order valence-corrected chi connectivity index (χ4v) is 4.15. The Morgan fingerprint density at radius 2 is 1.77 bits per heavy atom. The Kier molecular flexibility index (Phi) is 5.73. The summed E-state index contributed by atoms with van der Waals surface area (Å²) < 4.78 is 1.59. The maximum Gasteiger partial charge on any atom is 0.278 e. The predicted octanol–water partition coefficient (Wildman–Crippen LogP) is 2.98. The van der Waals surface area contributed by atoms with Crippen molar-refractivity contribution < 1.29 is 4.79 Å². The van der Waals surface area contributed by atoms with Crippen LogP contribution in [0.1, 0.15) is 40.2 Å². The number of nitrogens with two attached hydrogens (primary N) is 1. The van der Waals surface area contributed by atoms with Gasteiger partial charge in [0.05, 0.1) is 23.3 Å². The summed E-state index contributed by atoms with van der Waals surface area (Å²) in [7, 11) is 1.77. The second-order valence-corrected chi connectivity index (χ2v) is 8.39. The first-order chi connectivity index (χ1) is 14.8. The van der Waals surface area contributed by atoms with Crippen molar-refractivity contribution in [1.82, 2.24) is 20.0 Å². The van der Waals surface area contributed by atoms with Crippen LogP contribution in [0.2, 0.25) is 0 Å². The summed E-state index contributed by atoms with van der Waals surface area (Å²) in [6.07, 6.45) is 5.40. The van der Waals surface area contributed by atoms with E-state index in [-0.39, 0.29) is 11.9 Å². The van der Waals surface area contributed by atoms with E-state index < -0.39 is 0 Å². The van der Waals surface area contributed by atoms with E-state index in [4.69, 9.17) is 5.73 Å². The number of aryl methyl sites for hydroxylation is 3. The lowest BCUT2D eigenvalue weighted by Gasteiger charge is -2.34. The van der Waals surface area contributed by atoms with Crippen LogP contribution in [-0.2, 0) is 7.05 Å². The average Bonchev–Trinajstić information content (AvgIpc) is 3.06. The fourth-order valence-electron chi connectivity index (χ4n) is 4.15. The number of amides is 1. The second kappa shape index (κ2) is 8.47. The van der Waals surface area contributed by atoms with Gasteiger partial charge >= 0.3 is 0 Å². The van der Waals surface area contributed by atoms with Crippen molar-refractivity contribution in [2.45, 2.75) is 39.7 Å². The molecule has 0 spiro atoms. The van der Waals surface area contributed by atoms with Crippen LogP contribution in [0.5, 0.6) is 0 Å². The lowest BCUT2D eigenvalue weighted by atomic mass is 9.98. The second-order valence-electron chi connectivity index (χ2n) is 8.39. The topological polar surface area (TPSA) is 102 Å². The van der Waals surface area contributed by atoms with Crippen LogP contribution in [0.15, 0.2) is 30.6 Å². The van der Waals surface area contributed by atoms with Gasteiger partial charge in [-0.1, -0.05) is 34.5 Å². The highest BCUT2D eigenvalue weighted by molar-refractivity contribution is 6.06. The molecule has 1 fully saturated rings. The smallest absolute Gasteiger partial charge is 0.278 e. The van der Waals surface area contributed by atoms with Crippen molar-refractivity contribution >= 4 is 17.3 Å². The summed E-state index contributed by atoms with van der Waals surface area (Å²) in [5, 5.41) is 11.0. The molecular formula is C23H29N7O. The average molecular weight is 420 g/mol. The van der Waals surface area contributed by atoms with Gasteiger partial charge in [-0.2, -0.15) is 0 Å². The van der Waals surface area contributed by atoms with E-state index in [1.807, 2.05) is 13.1 Å². The molecule has 162 valence electrons. The number of hydrogen-bond acceptors (Lipinski definition) is 6. The number of hydrogen-bond donors (Lipinski definition) is 2. The lowest BCUT2D eigenvalue weighted by Crippen LogP contribution is -2.40. The molecule has 1 aromatic carbocycles. The lowest BCUT2D eigenvalue weighted by molar-refractivity contribution is 0.102. The van der Waals surface area contributed by atoms with Crippen LogP contribution in [-0.4, -0.2) is 45.0 Å². The quantitative estimate of drug-likeness (QED) is 0.674. The van der Waals surface area contributed by atoms with E-state index in [1.165, 1.54) is 11.1 Å². The van der Waals surface area contributed by atoms with Gasteiger partial charge in [0.2, 0.25) is 0 Å². The van der Waals surface area contributed by atoms with Gasteiger partial charge in [0, 0.05) is 37.9 Å². The van der Waals surface area contributed by atoms with Crippen LogP contribution in [0.25, 0.3) is 11.1 Å². The molecule has 1 aliphatic rings. The summed E-state index contributed by atoms with van der Waals surface area (Å²) in [4.78, 5) is 19.8. The molecular weight excluding hydrogens is 390 g/mol. The van der Waals surface area contributed by atoms with Crippen LogP contribution in [0.3, 0.4) is 0 Å². The third-order valence-corrected chi connectivity index (χ3v) is 5.88. The molecule has 0 atom stereocenters. The van der Waals surface area contributed by atoms with E-state index in [2.05, 4.69) is 57.6 Å². The first-order valence-corrected chi connectivity index (χ1v) is 10.6. The monoisotopic (exact) mass is 419 g/mol. The molecule has 1 saturated heterocycles. The van der Waals surface area contributed by atoms with Crippen molar-refractivity contribution in [2.24, 2.45) is 12.8 Å². The zero-order valence-electron chi connectivity index (χ0n) is 18.5. The Bertz CT molecular complexity index is 1090. The molecule has 8 nitrogen and oxygen atoms in total. The normalized spacial score (nSPS) is 14.7. The molecule has 3 aromatic rings. The minimum atomic E-state index is -0.292. The van der Waals surface area contributed by atoms with E-state index in [9.17, 15) is 4.79 Å². The molecule has 0 saturated carbocycles. The number of nitrogens with one attached hydrogen (secondary N) is 1. The van der Waals surface area contributed by atoms with Gasteiger partial charge in [0.25, 0.3) is 5.91 Å². The molecule has 0 aliphatic carbocycles. The van der Waals surface area contributed by atoms with Crippen LogP contribution < -0.4 is 16.0 Å². The van der Waals surface area contributed by atoms with Crippen LogP contribution >= 0.6 is 0 Å². The highest BCUT2D eigenvalue weighted by atomic mass is 16.2. The predicted molar refractivity (Wildman–Crippen MR) is 122 cm³/mol. The van der Waals surface area contributed by atoms with Gasteiger partial charge in [-0.25, -0.2) is 0 Å². The Morgan fingerprint density at radius 3 is 2.39 bits per heavy atom. The van der Waals surface area contributed by atoms with Crippen molar-refractivity contribution in [1.29, 1.82) is 0 Å². The number of benzene rings is 1. The number of piperidine rings is 1. The summed E-state index contributed by atoms with van der Waals surface area (Å²) in [5.41, 5.74) is 13.3. The molecule has 31 heavy (non-hydrogen) atoms. The Balaban J connectivity index is 1.79. The molecule has 1 amide bonds. The highest BCUT2D eigenvalue weighted by Gasteiger charge is 2.25. The highest BCUT2D eigenvalue weighted by Crippen LogP contribution is 2.38. The molecule has 8 heteroatoms. The summed E-state index contributed by atoms with van der Waals surface area (Å²) in [5.74, 6) is -0.292. The van der Waals surface area contributed by atoms with Crippen LogP contribution in [0, 0.1) is 20.8 Å². The van der Waals surface area contributed by atoms with Crippen molar-refractivity contribution in [3.8, 4) is 11.1 Å². The summed E-state index contributed by atoms with van der Waals surface area (Å²) >= 11 is 0. The van der Waals surface area contributed by atoms with Gasteiger partial charge in [0.1, 0.15) is 0 Å². The Hall–Kier alpha value is -3.26. The molecule has 3 N–H and O–H groups in total. The molecule has 0 radical (unpaired) electrons. The summed E-state index contributed by atoms with van der Waals surface area (Å²) in [6.45, 7) is 7.66. The summed E-state index contributed by atoms with van der Waals surface area (Å²) in [6, 6.07) is 6.67. The number of aromatic nitrogens is 4. The van der Waals surface area contributed by atoms with Gasteiger partial charge in [0.15, 0.2) is 5.69 Å². The van der Waals surface area contributed by atoms with Gasteiger partial charge < -0.3 is 16.0 Å². The number of pyridine rings is 1. The molecule has 4 rings (SSSR count). The number of carbonyl (C=O) groups is 1. The molecule has 2 aromatic heterocycles. The first kappa shape index (κ1) is 21.0. The zero-order valence-corrected chi connectivity index (χ0v) is 18.5. The Labute approximate surface area is 182 Å². The minimum absolute atomic E-state index is 0.211. The van der Waals surface area contributed by atoms with Crippen molar-refractivity contribution in [2.75, 3.05) is 23.3 Å². The fraction of sp³-hybridized carbons (Fsp3) is 0.391. The van der Waals surface area contributed by atoms with Gasteiger partial charge in [-0.05, 0) is 39.2 Å². The van der Waals surface area contributed by atoms with E-state index in [1.54, 1.807) is 17.9 Å². The molecule has 1 aliphatic heterocycles. The van der Waals surface area contributed by atoms with E-state index in [0.29, 0.717) is 17.1 Å². The minimum Gasteiger partial charge on any atom is -0.369 e. The van der Waals surface area contributed by atoms with Gasteiger partial charge in [-0.15, -0.1) is 5.10 Å². The SMILES string of the molecule is Cc1cc(C)cc(-c2cncc(NC(=O)c3nnn(C)c3C)c2N2CCC(N)CC2)c1. The van der Waals surface area contributed by atoms with Crippen molar-refractivity contribution in [3.05, 3.63) is 53.1 Å².